The van der Waals surface area contributed by atoms with Crippen LogP contribution in [-0.2, 0) is 6.54 Å². The van der Waals surface area contributed by atoms with E-state index in [1.807, 2.05) is 0 Å². The molecule has 0 aliphatic heterocycles. The molecule has 3 nitrogen and oxygen atoms in total. The largest absolute Gasteiger partial charge is 0.347 e. The van der Waals surface area contributed by atoms with E-state index in [0.717, 1.165) is 10.9 Å². The van der Waals surface area contributed by atoms with Crippen LogP contribution in [0, 0.1) is 0 Å². The standard InChI is InChI=1S/C8H9BrN2O/c1-2-3-4-11-6-7(9)5-10-8(11)12/h2,5-6H,1,3-4H2. The molecule has 0 saturated carbocycles. The fraction of sp³-hybridized carbons (Fsp3) is 0.250. The zero-order valence-corrected chi connectivity index (χ0v) is 8.12. The minimum Gasteiger partial charge on any atom is -0.298 e. The SMILES string of the molecule is C=CCCn1cc(Br)cnc1=O. The molecule has 0 aromatic carbocycles. The van der Waals surface area contributed by atoms with E-state index in [1.54, 1.807) is 16.8 Å². The van der Waals surface area contributed by atoms with E-state index in [9.17, 15) is 4.79 Å². The van der Waals surface area contributed by atoms with Crippen LogP contribution in [0.2, 0.25) is 0 Å². The van der Waals surface area contributed by atoms with Crippen LogP contribution in [0.1, 0.15) is 6.42 Å². The number of aryl methyl sites for hydroxylation is 1. The summed E-state index contributed by atoms with van der Waals surface area (Å²) in [4.78, 5) is 14.7. The summed E-state index contributed by atoms with van der Waals surface area (Å²) in [5.41, 5.74) is -0.222. The summed E-state index contributed by atoms with van der Waals surface area (Å²) in [5, 5.41) is 0. The first-order chi connectivity index (χ1) is 5.74. The normalized spacial score (nSPS) is 9.75. The van der Waals surface area contributed by atoms with Crippen molar-refractivity contribution in [1.82, 2.24) is 9.55 Å². The van der Waals surface area contributed by atoms with Crippen LogP contribution in [0.25, 0.3) is 0 Å². The predicted octanol–water partition coefficient (Wildman–Crippen LogP) is 1.58. The highest BCUT2D eigenvalue weighted by molar-refractivity contribution is 9.10. The van der Waals surface area contributed by atoms with Crippen LogP contribution < -0.4 is 5.69 Å². The number of allylic oxidation sites excluding steroid dienone is 1. The quantitative estimate of drug-likeness (QED) is 0.737. The number of hydrogen-bond acceptors (Lipinski definition) is 2. The zero-order valence-electron chi connectivity index (χ0n) is 6.53. The Bertz CT molecular complexity index is 332. The Morgan fingerprint density at radius 1 is 1.75 bits per heavy atom. The highest BCUT2D eigenvalue weighted by atomic mass is 79.9. The average molecular weight is 229 g/mol. The molecule has 0 spiro atoms. The molecule has 0 aliphatic rings. The van der Waals surface area contributed by atoms with E-state index >= 15 is 0 Å². The lowest BCUT2D eigenvalue weighted by molar-refractivity contribution is 0.656. The van der Waals surface area contributed by atoms with E-state index in [0.29, 0.717) is 6.54 Å². The highest BCUT2D eigenvalue weighted by Crippen LogP contribution is 2.03. The van der Waals surface area contributed by atoms with Gasteiger partial charge >= 0.3 is 5.69 Å². The molecule has 0 amide bonds. The van der Waals surface area contributed by atoms with E-state index < -0.39 is 0 Å². The molecule has 0 unspecified atom stereocenters. The van der Waals surface area contributed by atoms with Crippen molar-refractivity contribution in [1.29, 1.82) is 0 Å². The smallest absolute Gasteiger partial charge is 0.298 e. The molecule has 0 saturated heterocycles. The average Bonchev–Trinajstić information content (AvgIpc) is 2.07. The summed E-state index contributed by atoms with van der Waals surface area (Å²) in [6, 6.07) is 0. The predicted molar refractivity (Wildman–Crippen MR) is 51.0 cm³/mol. The summed E-state index contributed by atoms with van der Waals surface area (Å²) in [5.74, 6) is 0. The monoisotopic (exact) mass is 228 g/mol. The van der Waals surface area contributed by atoms with Crippen molar-refractivity contribution < 1.29 is 0 Å². The molecule has 1 rings (SSSR count). The maximum absolute atomic E-state index is 11.1. The first-order valence-electron chi connectivity index (χ1n) is 3.57. The van der Waals surface area contributed by atoms with Gasteiger partial charge in [0.15, 0.2) is 0 Å². The van der Waals surface area contributed by atoms with E-state index in [1.165, 1.54) is 6.20 Å². The Kier molecular flexibility index (Phi) is 3.22. The van der Waals surface area contributed by atoms with E-state index in [-0.39, 0.29) is 5.69 Å². The minimum atomic E-state index is -0.222. The number of aromatic nitrogens is 2. The van der Waals surface area contributed by atoms with Crippen molar-refractivity contribution in [2.75, 3.05) is 0 Å². The second-order valence-corrected chi connectivity index (χ2v) is 3.24. The summed E-state index contributed by atoms with van der Waals surface area (Å²) in [6.07, 6.45) is 5.76. The van der Waals surface area contributed by atoms with Gasteiger partial charge in [0.2, 0.25) is 0 Å². The molecule has 1 heterocycles. The van der Waals surface area contributed by atoms with Gasteiger partial charge in [0.05, 0.1) is 4.47 Å². The summed E-state index contributed by atoms with van der Waals surface area (Å²) >= 11 is 3.24. The topological polar surface area (TPSA) is 34.9 Å². The summed E-state index contributed by atoms with van der Waals surface area (Å²) < 4.78 is 2.36. The molecule has 64 valence electrons. The third-order valence-corrected chi connectivity index (χ3v) is 1.81. The Morgan fingerprint density at radius 2 is 2.50 bits per heavy atom. The molecule has 1 aromatic heterocycles. The minimum absolute atomic E-state index is 0.222. The highest BCUT2D eigenvalue weighted by Gasteiger charge is 1.95. The van der Waals surface area contributed by atoms with Gasteiger partial charge in [-0.3, -0.25) is 4.57 Å². The number of rotatable bonds is 3. The van der Waals surface area contributed by atoms with Crippen molar-refractivity contribution in [3.63, 3.8) is 0 Å². The van der Waals surface area contributed by atoms with Crippen LogP contribution in [0.15, 0.2) is 34.3 Å². The first-order valence-corrected chi connectivity index (χ1v) is 4.36. The molecule has 0 fully saturated rings. The van der Waals surface area contributed by atoms with Crippen molar-refractivity contribution >= 4 is 15.9 Å². The van der Waals surface area contributed by atoms with Gasteiger partial charge in [0, 0.05) is 18.9 Å². The maximum Gasteiger partial charge on any atom is 0.347 e. The van der Waals surface area contributed by atoms with Crippen LogP contribution in [0.5, 0.6) is 0 Å². The van der Waals surface area contributed by atoms with Crippen LogP contribution >= 0.6 is 15.9 Å². The van der Waals surface area contributed by atoms with Crippen molar-refractivity contribution in [2.24, 2.45) is 0 Å². The van der Waals surface area contributed by atoms with Crippen LogP contribution in [0.4, 0.5) is 0 Å². The lowest BCUT2D eigenvalue weighted by Gasteiger charge is -2.01. The summed E-state index contributed by atoms with van der Waals surface area (Å²) in [7, 11) is 0. The molecule has 0 aliphatic carbocycles. The Hall–Kier alpha value is -0.900. The van der Waals surface area contributed by atoms with Gasteiger partial charge in [-0.1, -0.05) is 6.08 Å². The van der Waals surface area contributed by atoms with Crippen LogP contribution in [0.3, 0.4) is 0 Å². The second-order valence-electron chi connectivity index (χ2n) is 2.33. The van der Waals surface area contributed by atoms with Gasteiger partial charge < -0.3 is 0 Å². The Morgan fingerprint density at radius 3 is 3.17 bits per heavy atom. The summed E-state index contributed by atoms with van der Waals surface area (Å²) in [6.45, 7) is 4.21. The van der Waals surface area contributed by atoms with Crippen LogP contribution in [-0.4, -0.2) is 9.55 Å². The van der Waals surface area contributed by atoms with E-state index in [4.69, 9.17) is 0 Å². The number of halogens is 1. The Balaban J connectivity index is 2.89. The third kappa shape index (κ3) is 2.30. The fourth-order valence-corrected chi connectivity index (χ4v) is 1.17. The molecule has 4 heteroatoms. The molecule has 1 aromatic rings. The Labute approximate surface area is 78.9 Å². The second kappa shape index (κ2) is 4.21. The fourth-order valence-electron chi connectivity index (χ4n) is 0.819. The molecule has 0 N–H and O–H groups in total. The van der Waals surface area contributed by atoms with E-state index in [2.05, 4.69) is 27.5 Å². The maximum atomic E-state index is 11.1. The molecule has 0 radical (unpaired) electrons. The lowest BCUT2D eigenvalue weighted by Crippen LogP contribution is -2.21. The molecule has 0 atom stereocenters. The van der Waals surface area contributed by atoms with Gasteiger partial charge in [-0.15, -0.1) is 6.58 Å². The number of hydrogen-bond donors (Lipinski definition) is 0. The molecular weight excluding hydrogens is 220 g/mol. The molecule has 12 heavy (non-hydrogen) atoms. The van der Waals surface area contributed by atoms with Gasteiger partial charge in [-0.25, -0.2) is 9.78 Å². The zero-order chi connectivity index (χ0) is 8.97. The van der Waals surface area contributed by atoms with Gasteiger partial charge in [-0.05, 0) is 22.4 Å². The third-order valence-electron chi connectivity index (χ3n) is 1.40. The van der Waals surface area contributed by atoms with Gasteiger partial charge in [0.1, 0.15) is 0 Å². The lowest BCUT2D eigenvalue weighted by atomic mass is 10.4. The van der Waals surface area contributed by atoms with Gasteiger partial charge in [-0.2, -0.15) is 0 Å². The van der Waals surface area contributed by atoms with Crippen molar-refractivity contribution in [3.8, 4) is 0 Å². The van der Waals surface area contributed by atoms with Crippen molar-refractivity contribution in [3.05, 3.63) is 40.0 Å². The van der Waals surface area contributed by atoms with Crippen molar-refractivity contribution in [2.45, 2.75) is 13.0 Å². The molecule has 0 bridgehead atoms. The van der Waals surface area contributed by atoms with Gasteiger partial charge in [0.25, 0.3) is 0 Å². The molecular formula is C8H9BrN2O. The number of nitrogens with zero attached hydrogens (tertiary/aromatic N) is 2. The first kappa shape index (κ1) is 9.19.